The second-order valence-electron chi connectivity index (χ2n) is 7.64. The third-order valence-electron chi connectivity index (χ3n) is 6.03. The lowest BCUT2D eigenvalue weighted by Gasteiger charge is -2.41. The second kappa shape index (κ2) is 8.46. The smallest absolute Gasteiger partial charge is 0.233 e. The SMILES string of the molecule is CCn1c(SCC(=O)N2CC[C@@H]3CCCC[C@H]3C2)nnc1-c1ccccc1. The Morgan fingerprint density at radius 2 is 1.89 bits per heavy atom. The minimum Gasteiger partial charge on any atom is -0.342 e. The summed E-state index contributed by atoms with van der Waals surface area (Å²) in [5.74, 6) is 3.15. The van der Waals surface area contributed by atoms with Gasteiger partial charge in [0.2, 0.25) is 5.91 Å². The first kappa shape index (κ1) is 18.5. The number of hydrogen-bond acceptors (Lipinski definition) is 4. The molecular weight excluding hydrogens is 356 g/mol. The fraction of sp³-hybridized carbons (Fsp3) is 0.571. The van der Waals surface area contributed by atoms with E-state index in [9.17, 15) is 4.79 Å². The molecule has 0 unspecified atom stereocenters. The van der Waals surface area contributed by atoms with Crippen molar-refractivity contribution < 1.29 is 4.79 Å². The van der Waals surface area contributed by atoms with Gasteiger partial charge in [0.05, 0.1) is 5.75 Å². The molecule has 2 aromatic rings. The van der Waals surface area contributed by atoms with E-state index in [1.54, 1.807) is 0 Å². The van der Waals surface area contributed by atoms with E-state index in [4.69, 9.17) is 0 Å². The largest absolute Gasteiger partial charge is 0.342 e. The predicted molar refractivity (Wildman–Crippen MR) is 109 cm³/mol. The van der Waals surface area contributed by atoms with Crippen LogP contribution in [0, 0.1) is 11.8 Å². The van der Waals surface area contributed by atoms with Crippen LogP contribution in [0.15, 0.2) is 35.5 Å². The van der Waals surface area contributed by atoms with E-state index < -0.39 is 0 Å². The monoisotopic (exact) mass is 384 g/mol. The molecule has 144 valence electrons. The summed E-state index contributed by atoms with van der Waals surface area (Å²) in [6, 6.07) is 10.1. The number of thioether (sulfide) groups is 1. The average Bonchev–Trinajstić information content (AvgIpc) is 3.15. The van der Waals surface area contributed by atoms with Crippen molar-refractivity contribution >= 4 is 17.7 Å². The zero-order valence-electron chi connectivity index (χ0n) is 16.0. The molecule has 27 heavy (non-hydrogen) atoms. The van der Waals surface area contributed by atoms with Crippen molar-refractivity contribution in [2.24, 2.45) is 11.8 Å². The number of fused-ring (bicyclic) bond motifs is 1. The second-order valence-corrected chi connectivity index (χ2v) is 8.58. The van der Waals surface area contributed by atoms with Gasteiger partial charge in [0.1, 0.15) is 0 Å². The minimum atomic E-state index is 0.246. The highest BCUT2D eigenvalue weighted by atomic mass is 32.2. The van der Waals surface area contributed by atoms with Gasteiger partial charge in [-0.05, 0) is 31.6 Å². The predicted octanol–water partition coefficient (Wildman–Crippen LogP) is 4.10. The van der Waals surface area contributed by atoms with Crippen LogP contribution in [0.4, 0.5) is 0 Å². The number of nitrogens with zero attached hydrogens (tertiary/aromatic N) is 4. The summed E-state index contributed by atoms with van der Waals surface area (Å²) < 4.78 is 2.10. The van der Waals surface area contributed by atoms with Crippen molar-refractivity contribution in [3.8, 4) is 11.4 Å². The van der Waals surface area contributed by atoms with Gasteiger partial charge in [-0.1, -0.05) is 61.4 Å². The summed E-state index contributed by atoms with van der Waals surface area (Å²) in [6.45, 7) is 4.77. The van der Waals surface area contributed by atoms with Gasteiger partial charge >= 0.3 is 0 Å². The molecule has 1 aliphatic carbocycles. The minimum absolute atomic E-state index is 0.246. The van der Waals surface area contributed by atoms with Gasteiger partial charge in [-0.2, -0.15) is 0 Å². The van der Waals surface area contributed by atoms with Gasteiger partial charge in [0, 0.05) is 25.2 Å². The zero-order valence-corrected chi connectivity index (χ0v) is 16.8. The first-order valence-corrected chi connectivity index (χ1v) is 11.1. The molecule has 4 rings (SSSR count). The Hall–Kier alpha value is -1.82. The van der Waals surface area contributed by atoms with Crippen LogP contribution in [0.5, 0.6) is 0 Å². The Balaban J connectivity index is 1.39. The average molecular weight is 385 g/mol. The van der Waals surface area contributed by atoms with Crippen LogP contribution in [0.1, 0.15) is 39.0 Å². The number of carbonyl (C=O) groups excluding carboxylic acids is 1. The maximum Gasteiger partial charge on any atom is 0.233 e. The molecule has 0 N–H and O–H groups in total. The van der Waals surface area contributed by atoms with Gasteiger partial charge in [0.25, 0.3) is 0 Å². The molecule has 1 aromatic heterocycles. The van der Waals surface area contributed by atoms with Crippen molar-refractivity contribution in [3.05, 3.63) is 30.3 Å². The van der Waals surface area contributed by atoms with E-state index >= 15 is 0 Å². The molecule has 0 bridgehead atoms. The number of piperidine rings is 1. The van der Waals surface area contributed by atoms with Gasteiger partial charge in [-0.25, -0.2) is 0 Å². The Labute approximate surface area is 165 Å². The van der Waals surface area contributed by atoms with Crippen LogP contribution < -0.4 is 0 Å². The van der Waals surface area contributed by atoms with E-state index in [0.717, 1.165) is 48.0 Å². The zero-order chi connectivity index (χ0) is 18.6. The topological polar surface area (TPSA) is 51.0 Å². The number of likely N-dealkylation sites (tertiary alicyclic amines) is 1. The molecular formula is C21H28N4OS. The molecule has 1 saturated heterocycles. The first-order valence-electron chi connectivity index (χ1n) is 10.2. The first-order chi connectivity index (χ1) is 13.3. The maximum absolute atomic E-state index is 12.8. The number of carbonyl (C=O) groups is 1. The van der Waals surface area contributed by atoms with Crippen LogP contribution in [0.2, 0.25) is 0 Å². The molecule has 1 saturated carbocycles. The van der Waals surface area contributed by atoms with Crippen LogP contribution in [0.25, 0.3) is 11.4 Å². The van der Waals surface area contributed by atoms with Crippen molar-refractivity contribution in [3.63, 3.8) is 0 Å². The molecule has 5 nitrogen and oxygen atoms in total. The number of amides is 1. The van der Waals surface area contributed by atoms with E-state index in [-0.39, 0.29) is 5.91 Å². The summed E-state index contributed by atoms with van der Waals surface area (Å²) >= 11 is 1.52. The van der Waals surface area contributed by atoms with E-state index in [1.807, 2.05) is 30.3 Å². The lowest BCUT2D eigenvalue weighted by Crippen LogP contribution is -2.45. The van der Waals surface area contributed by atoms with Crippen molar-refractivity contribution in [1.29, 1.82) is 0 Å². The van der Waals surface area contributed by atoms with E-state index in [1.165, 1.54) is 43.9 Å². The highest BCUT2D eigenvalue weighted by molar-refractivity contribution is 7.99. The van der Waals surface area contributed by atoms with Crippen molar-refractivity contribution in [2.45, 2.75) is 50.7 Å². The third kappa shape index (κ3) is 4.05. The maximum atomic E-state index is 12.8. The van der Waals surface area contributed by atoms with Gasteiger partial charge in [0.15, 0.2) is 11.0 Å². The number of hydrogen-bond donors (Lipinski definition) is 0. The van der Waals surface area contributed by atoms with Crippen LogP contribution in [-0.2, 0) is 11.3 Å². The molecule has 0 radical (unpaired) electrons. The summed E-state index contributed by atoms with van der Waals surface area (Å²) in [5.41, 5.74) is 1.06. The van der Waals surface area contributed by atoms with Crippen molar-refractivity contribution in [2.75, 3.05) is 18.8 Å². The Kier molecular flexibility index (Phi) is 5.81. The summed E-state index contributed by atoms with van der Waals surface area (Å²) in [5, 5.41) is 9.55. The fourth-order valence-corrected chi connectivity index (χ4v) is 5.43. The fourth-order valence-electron chi connectivity index (χ4n) is 4.53. The Morgan fingerprint density at radius 3 is 2.67 bits per heavy atom. The van der Waals surface area contributed by atoms with Crippen LogP contribution in [-0.4, -0.2) is 44.4 Å². The quantitative estimate of drug-likeness (QED) is 0.729. The number of benzene rings is 1. The molecule has 0 spiro atoms. The summed E-state index contributed by atoms with van der Waals surface area (Å²) in [7, 11) is 0. The molecule has 2 atom stereocenters. The van der Waals surface area contributed by atoms with E-state index in [2.05, 4.69) is 26.6 Å². The molecule has 6 heteroatoms. The normalized spacial score (nSPS) is 22.5. The molecule has 2 aliphatic rings. The van der Waals surface area contributed by atoms with Gasteiger partial charge < -0.3 is 9.47 Å². The number of aromatic nitrogens is 3. The van der Waals surface area contributed by atoms with E-state index in [0.29, 0.717) is 5.75 Å². The third-order valence-corrected chi connectivity index (χ3v) is 6.99. The standard InChI is InChI=1S/C21H28N4OS/c1-2-25-20(17-9-4-3-5-10-17)22-23-21(25)27-15-19(26)24-13-12-16-8-6-7-11-18(16)14-24/h3-5,9-10,16,18H,2,6-8,11-15H2,1H3/t16-,18-/m0/s1. The Bertz CT molecular complexity index is 776. The summed E-state index contributed by atoms with van der Waals surface area (Å²) in [6.07, 6.45) is 6.56. The molecule has 2 heterocycles. The molecule has 1 amide bonds. The van der Waals surface area contributed by atoms with Crippen molar-refractivity contribution in [1.82, 2.24) is 19.7 Å². The van der Waals surface area contributed by atoms with Crippen LogP contribution in [0.3, 0.4) is 0 Å². The molecule has 1 aliphatic heterocycles. The van der Waals surface area contributed by atoms with Crippen LogP contribution >= 0.6 is 11.8 Å². The van der Waals surface area contributed by atoms with Gasteiger partial charge in [-0.3, -0.25) is 4.79 Å². The van der Waals surface area contributed by atoms with Gasteiger partial charge in [-0.15, -0.1) is 10.2 Å². The Morgan fingerprint density at radius 1 is 1.11 bits per heavy atom. The number of rotatable bonds is 5. The summed E-state index contributed by atoms with van der Waals surface area (Å²) in [4.78, 5) is 14.9. The molecule has 2 fully saturated rings. The lowest BCUT2D eigenvalue weighted by atomic mass is 9.75. The highest BCUT2D eigenvalue weighted by Crippen LogP contribution is 2.36. The highest BCUT2D eigenvalue weighted by Gasteiger charge is 2.32. The molecule has 1 aromatic carbocycles. The lowest BCUT2D eigenvalue weighted by molar-refractivity contribution is -0.131.